The van der Waals surface area contributed by atoms with Crippen LogP contribution in [0.5, 0.6) is 0 Å². The second-order valence-corrected chi connectivity index (χ2v) is 4.81. The second-order valence-electron chi connectivity index (χ2n) is 4.81. The lowest BCUT2D eigenvalue weighted by atomic mass is 10.3. The molecule has 0 bridgehead atoms. The minimum absolute atomic E-state index is 0.681. The third kappa shape index (κ3) is 3.81. The van der Waals surface area contributed by atoms with E-state index in [4.69, 9.17) is 5.73 Å². The molecule has 0 unspecified atom stereocenters. The van der Waals surface area contributed by atoms with Gasteiger partial charge >= 0.3 is 0 Å². The SMILES string of the molecule is NCC=CCN(CC1CC1)CC1CC1. The predicted molar refractivity (Wildman–Crippen MR) is 60.1 cm³/mol. The van der Waals surface area contributed by atoms with Crippen molar-refractivity contribution in [3.05, 3.63) is 12.2 Å². The summed E-state index contributed by atoms with van der Waals surface area (Å²) in [6, 6.07) is 0. The molecule has 2 aliphatic carbocycles. The fourth-order valence-corrected chi connectivity index (χ4v) is 1.87. The van der Waals surface area contributed by atoms with E-state index in [0.717, 1.165) is 18.4 Å². The molecule has 0 radical (unpaired) electrons. The van der Waals surface area contributed by atoms with Crippen molar-refractivity contribution in [2.75, 3.05) is 26.2 Å². The normalized spacial score (nSPS) is 22.4. The smallest absolute Gasteiger partial charge is 0.0163 e. The minimum Gasteiger partial charge on any atom is -0.327 e. The quantitative estimate of drug-likeness (QED) is 0.624. The fourth-order valence-electron chi connectivity index (χ4n) is 1.87. The molecule has 2 rings (SSSR count). The molecule has 2 aliphatic rings. The summed E-state index contributed by atoms with van der Waals surface area (Å²) in [6.07, 6.45) is 10.1. The molecule has 0 aliphatic heterocycles. The van der Waals surface area contributed by atoms with Gasteiger partial charge in [-0.2, -0.15) is 0 Å². The van der Waals surface area contributed by atoms with Crippen LogP contribution >= 0.6 is 0 Å². The standard InChI is InChI=1S/C12H22N2/c13-7-1-2-8-14(9-11-3-4-11)10-12-5-6-12/h1-2,11-12H,3-10,13H2. The Labute approximate surface area is 87.2 Å². The second kappa shape index (κ2) is 4.94. The van der Waals surface area contributed by atoms with Crippen molar-refractivity contribution in [1.29, 1.82) is 0 Å². The van der Waals surface area contributed by atoms with Crippen molar-refractivity contribution in [2.24, 2.45) is 17.6 Å². The van der Waals surface area contributed by atoms with E-state index >= 15 is 0 Å². The molecular formula is C12H22N2. The Balaban J connectivity index is 1.68. The van der Waals surface area contributed by atoms with Crippen molar-refractivity contribution in [2.45, 2.75) is 25.7 Å². The summed E-state index contributed by atoms with van der Waals surface area (Å²) < 4.78 is 0. The van der Waals surface area contributed by atoms with Gasteiger partial charge in [-0.15, -0.1) is 0 Å². The Kier molecular flexibility index (Phi) is 3.60. The Bertz CT molecular complexity index is 178. The highest BCUT2D eigenvalue weighted by Crippen LogP contribution is 2.33. The molecule has 0 heterocycles. The van der Waals surface area contributed by atoms with E-state index in [0.29, 0.717) is 6.54 Å². The maximum atomic E-state index is 5.44. The van der Waals surface area contributed by atoms with Crippen LogP contribution in [0.25, 0.3) is 0 Å². The first-order chi connectivity index (χ1) is 6.88. The van der Waals surface area contributed by atoms with Gasteiger partial charge in [-0.1, -0.05) is 12.2 Å². The summed E-state index contributed by atoms with van der Waals surface area (Å²) in [6.45, 7) is 4.45. The Morgan fingerprint density at radius 3 is 2.00 bits per heavy atom. The maximum absolute atomic E-state index is 5.44. The molecule has 0 spiro atoms. The molecule has 2 heteroatoms. The van der Waals surface area contributed by atoms with E-state index in [1.54, 1.807) is 0 Å². The van der Waals surface area contributed by atoms with Crippen LogP contribution in [-0.4, -0.2) is 31.1 Å². The van der Waals surface area contributed by atoms with Gasteiger partial charge in [-0.3, -0.25) is 4.90 Å². The van der Waals surface area contributed by atoms with E-state index in [9.17, 15) is 0 Å². The predicted octanol–water partition coefficient (Wildman–Crippen LogP) is 1.62. The molecule has 2 N–H and O–H groups in total. The van der Waals surface area contributed by atoms with Crippen LogP contribution in [0.3, 0.4) is 0 Å². The van der Waals surface area contributed by atoms with E-state index < -0.39 is 0 Å². The molecule has 2 nitrogen and oxygen atoms in total. The first-order valence-electron chi connectivity index (χ1n) is 5.96. The molecule has 0 aromatic rings. The van der Waals surface area contributed by atoms with Gasteiger partial charge in [-0.25, -0.2) is 0 Å². The Morgan fingerprint density at radius 2 is 1.57 bits per heavy atom. The van der Waals surface area contributed by atoms with Gasteiger partial charge in [-0.05, 0) is 37.5 Å². The number of nitrogens with two attached hydrogens (primary N) is 1. The topological polar surface area (TPSA) is 29.3 Å². The highest BCUT2D eigenvalue weighted by molar-refractivity contribution is 4.89. The molecule has 0 saturated heterocycles. The van der Waals surface area contributed by atoms with Gasteiger partial charge < -0.3 is 5.73 Å². The van der Waals surface area contributed by atoms with E-state index in [2.05, 4.69) is 17.1 Å². The van der Waals surface area contributed by atoms with Crippen molar-refractivity contribution < 1.29 is 0 Å². The molecule has 0 amide bonds. The molecule has 14 heavy (non-hydrogen) atoms. The third-order valence-electron chi connectivity index (χ3n) is 3.09. The number of rotatable bonds is 7. The molecule has 0 aromatic heterocycles. The molecule has 2 saturated carbocycles. The van der Waals surface area contributed by atoms with Crippen molar-refractivity contribution in [1.82, 2.24) is 4.90 Å². The Hall–Kier alpha value is -0.340. The molecule has 80 valence electrons. The number of hydrogen-bond acceptors (Lipinski definition) is 2. The molecule has 0 aromatic carbocycles. The summed E-state index contributed by atoms with van der Waals surface area (Å²) in [5, 5.41) is 0. The zero-order valence-electron chi connectivity index (χ0n) is 8.99. The van der Waals surface area contributed by atoms with Crippen molar-refractivity contribution in [3.63, 3.8) is 0 Å². The van der Waals surface area contributed by atoms with Gasteiger partial charge in [0.25, 0.3) is 0 Å². The first kappa shape index (κ1) is 10.2. The first-order valence-corrected chi connectivity index (χ1v) is 5.96. The molecular weight excluding hydrogens is 172 g/mol. The van der Waals surface area contributed by atoms with E-state index in [-0.39, 0.29) is 0 Å². The maximum Gasteiger partial charge on any atom is 0.0163 e. The number of nitrogens with zero attached hydrogens (tertiary/aromatic N) is 1. The summed E-state index contributed by atoms with van der Waals surface area (Å²) >= 11 is 0. The summed E-state index contributed by atoms with van der Waals surface area (Å²) in [4.78, 5) is 2.61. The van der Waals surface area contributed by atoms with Crippen molar-refractivity contribution >= 4 is 0 Å². The van der Waals surface area contributed by atoms with Gasteiger partial charge in [0, 0.05) is 26.2 Å². The Morgan fingerprint density at radius 1 is 1.00 bits per heavy atom. The fraction of sp³-hybridized carbons (Fsp3) is 0.833. The van der Waals surface area contributed by atoms with Crippen LogP contribution < -0.4 is 5.73 Å². The lowest BCUT2D eigenvalue weighted by molar-refractivity contribution is 0.278. The van der Waals surface area contributed by atoms with E-state index in [1.807, 2.05) is 0 Å². The lowest BCUT2D eigenvalue weighted by Gasteiger charge is -2.20. The van der Waals surface area contributed by atoms with Gasteiger partial charge in [0.05, 0.1) is 0 Å². The highest BCUT2D eigenvalue weighted by Gasteiger charge is 2.28. The van der Waals surface area contributed by atoms with Crippen LogP contribution in [0.2, 0.25) is 0 Å². The average Bonchev–Trinajstić information content (AvgIpc) is 2.99. The van der Waals surface area contributed by atoms with Crippen LogP contribution in [0.15, 0.2) is 12.2 Å². The third-order valence-corrected chi connectivity index (χ3v) is 3.09. The zero-order valence-corrected chi connectivity index (χ0v) is 8.99. The molecule has 0 atom stereocenters. The summed E-state index contributed by atoms with van der Waals surface area (Å²) in [5.41, 5.74) is 5.44. The monoisotopic (exact) mass is 194 g/mol. The van der Waals surface area contributed by atoms with Gasteiger partial charge in [0.15, 0.2) is 0 Å². The van der Waals surface area contributed by atoms with Gasteiger partial charge in [0.2, 0.25) is 0 Å². The van der Waals surface area contributed by atoms with Crippen LogP contribution in [0, 0.1) is 11.8 Å². The largest absolute Gasteiger partial charge is 0.327 e. The average molecular weight is 194 g/mol. The number of hydrogen-bond donors (Lipinski definition) is 1. The lowest BCUT2D eigenvalue weighted by Crippen LogP contribution is -2.28. The molecule has 2 fully saturated rings. The van der Waals surface area contributed by atoms with Gasteiger partial charge in [0.1, 0.15) is 0 Å². The van der Waals surface area contributed by atoms with Crippen LogP contribution in [0.1, 0.15) is 25.7 Å². The van der Waals surface area contributed by atoms with Crippen LogP contribution in [-0.2, 0) is 0 Å². The van der Waals surface area contributed by atoms with Crippen LogP contribution in [0.4, 0.5) is 0 Å². The minimum atomic E-state index is 0.681. The van der Waals surface area contributed by atoms with Crippen molar-refractivity contribution in [3.8, 4) is 0 Å². The summed E-state index contributed by atoms with van der Waals surface area (Å²) in [7, 11) is 0. The highest BCUT2D eigenvalue weighted by atomic mass is 15.1. The zero-order chi connectivity index (χ0) is 9.80. The van der Waals surface area contributed by atoms with E-state index in [1.165, 1.54) is 38.8 Å². The summed E-state index contributed by atoms with van der Waals surface area (Å²) in [5.74, 6) is 2.03.